The third-order valence-electron chi connectivity index (χ3n) is 2.53. The number of alkyl halides is 3. The van der Waals surface area contributed by atoms with E-state index in [2.05, 4.69) is 5.32 Å². The summed E-state index contributed by atoms with van der Waals surface area (Å²) in [7, 11) is 1.40. The molecule has 0 atom stereocenters. The van der Waals surface area contributed by atoms with E-state index in [1.54, 1.807) is 0 Å². The predicted octanol–water partition coefficient (Wildman–Crippen LogP) is 2.06. The van der Waals surface area contributed by atoms with Gasteiger partial charge in [0.2, 0.25) is 0 Å². The van der Waals surface area contributed by atoms with Crippen LogP contribution in [0.5, 0.6) is 11.5 Å². The maximum atomic E-state index is 12.5. The Bertz CT molecular complexity index is 402. The molecule has 1 aliphatic rings. The van der Waals surface area contributed by atoms with Crippen LogP contribution in [0.1, 0.15) is 5.56 Å². The van der Waals surface area contributed by atoms with Gasteiger partial charge in [0.05, 0.1) is 12.7 Å². The first-order valence-electron chi connectivity index (χ1n) is 5.13. The van der Waals surface area contributed by atoms with E-state index in [0.29, 0.717) is 18.8 Å². The lowest BCUT2D eigenvalue weighted by atomic mass is 10.2. The molecule has 1 aliphatic heterocycles. The molecule has 0 aliphatic carbocycles. The van der Waals surface area contributed by atoms with Gasteiger partial charge in [0, 0.05) is 13.1 Å². The van der Waals surface area contributed by atoms with Gasteiger partial charge in [-0.1, -0.05) is 0 Å². The van der Waals surface area contributed by atoms with Crippen molar-refractivity contribution in [3.05, 3.63) is 23.8 Å². The highest BCUT2D eigenvalue weighted by molar-refractivity contribution is 5.44. The molecule has 0 spiro atoms. The predicted molar refractivity (Wildman–Crippen MR) is 55.3 cm³/mol. The minimum absolute atomic E-state index is 0.0904. The molecule has 0 saturated carbocycles. The lowest BCUT2D eigenvalue weighted by Gasteiger charge is -2.28. The van der Waals surface area contributed by atoms with E-state index in [4.69, 9.17) is 9.47 Å². The van der Waals surface area contributed by atoms with Crippen LogP contribution in [0.15, 0.2) is 18.2 Å². The minimum Gasteiger partial charge on any atom is -0.493 e. The molecule has 1 aromatic carbocycles. The second-order valence-electron chi connectivity index (χ2n) is 3.76. The summed E-state index contributed by atoms with van der Waals surface area (Å²) in [6.45, 7) is 1.28. The zero-order valence-electron chi connectivity index (χ0n) is 9.17. The van der Waals surface area contributed by atoms with Gasteiger partial charge < -0.3 is 14.8 Å². The lowest BCUT2D eigenvalue weighted by molar-refractivity contribution is -0.137. The van der Waals surface area contributed by atoms with Gasteiger partial charge in [-0.05, 0) is 18.2 Å². The summed E-state index contributed by atoms with van der Waals surface area (Å²) >= 11 is 0. The number of hydrogen-bond donors (Lipinski definition) is 1. The molecule has 0 aromatic heterocycles. The smallest absolute Gasteiger partial charge is 0.416 e. The monoisotopic (exact) mass is 247 g/mol. The second-order valence-corrected chi connectivity index (χ2v) is 3.76. The van der Waals surface area contributed by atoms with E-state index in [1.807, 2.05) is 0 Å². The van der Waals surface area contributed by atoms with Crippen molar-refractivity contribution in [3.63, 3.8) is 0 Å². The van der Waals surface area contributed by atoms with Gasteiger partial charge in [-0.25, -0.2) is 0 Å². The Morgan fingerprint density at radius 1 is 1.24 bits per heavy atom. The van der Waals surface area contributed by atoms with Crippen molar-refractivity contribution < 1.29 is 22.6 Å². The lowest BCUT2D eigenvalue weighted by Crippen LogP contribution is -2.50. The van der Waals surface area contributed by atoms with Crippen molar-refractivity contribution in [2.45, 2.75) is 12.3 Å². The van der Waals surface area contributed by atoms with Gasteiger partial charge in [-0.2, -0.15) is 13.2 Å². The average Bonchev–Trinajstić information content (AvgIpc) is 2.22. The fourth-order valence-electron chi connectivity index (χ4n) is 1.47. The molecule has 0 amide bonds. The maximum absolute atomic E-state index is 12.5. The van der Waals surface area contributed by atoms with Crippen molar-refractivity contribution in [1.82, 2.24) is 5.32 Å². The highest BCUT2D eigenvalue weighted by Gasteiger charge is 2.32. The van der Waals surface area contributed by atoms with E-state index >= 15 is 0 Å². The summed E-state index contributed by atoms with van der Waals surface area (Å²) in [6, 6.07) is 3.21. The number of benzene rings is 1. The molecule has 1 heterocycles. The summed E-state index contributed by atoms with van der Waals surface area (Å²) in [5.41, 5.74) is -0.736. The SMILES string of the molecule is COc1ccc(C(F)(F)F)cc1OC1CNC1. The van der Waals surface area contributed by atoms with Crippen LogP contribution < -0.4 is 14.8 Å². The molecule has 1 aromatic rings. The third-order valence-corrected chi connectivity index (χ3v) is 2.53. The summed E-state index contributed by atoms with van der Waals surface area (Å²) in [6.07, 6.45) is -4.46. The Labute approximate surface area is 96.5 Å². The van der Waals surface area contributed by atoms with Gasteiger partial charge >= 0.3 is 6.18 Å². The van der Waals surface area contributed by atoms with E-state index in [-0.39, 0.29) is 11.9 Å². The topological polar surface area (TPSA) is 30.5 Å². The Balaban J connectivity index is 2.25. The molecule has 3 nitrogen and oxygen atoms in total. The first-order valence-corrected chi connectivity index (χ1v) is 5.13. The molecule has 17 heavy (non-hydrogen) atoms. The first kappa shape index (κ1) is 12.0. The van der Waals surface area contributed by atoms with Crippen LogP contribution in [0.3, 0.4) is 0 Å². The third kappa shape index (κ3) is 2.63. The highest BCUT2D eigenvalue weighted by Crippen LogP contribution is 2.36. The molecule has 94 valence electrons. The molecule has 1 saturated heterocycles. The normalized spacial score (nSPS) is 16.5. The Morgan fingerprint density at radius 3 is 2.41 bits per heavy atom. The van der Waals surface area contributed by atoms with Gasteiger partial charge in [0.1, 0.15) is 6.10 Å². The van der Waals surface area contributed by atoms with Crippen LogP contribution in [0, 0.1) is 0 Å². The minimum atomic E-state index is -4.37. The number of nitrogens with one attached hydrogen (secondary N) is 1. The largest absolute Gasteiger partial charge is 0.493 e. The fourth-order valence-corrected chi connectivity index (χ4v) is 1.47. The first-order chi connectivity index (χ1) is 8.00. The molecule has 1 fully saturated rings. The molecular formula is C11H12F3NO2. The van der Waals surface area contributed by atoms with Crippen LogP contribution in [0.25, 0.3) is 0 Å². The van der Waals surface area contributed by atoms with E-state index in [9.17, 15) is 13.2 Å². The van der Waals surface area contributed by atoms with Crippen LogP contribution in [-0.4, -0.2) is 26.3 Å². The molecule has 6 heteroatoms. The summed E-state index contributed by atoms with van der Waals surface area (Å²) in [5.74, 6) is 0.443. The standard InChI is InChI=1S/C11H12F3NO2/c1-16-9-3-2-7(11(12,13)14)4-10(9)17-8-5-15-6-8/h2-4,8,15H,5-6H2,1H3. The highest BCUT2D eigenvalue weighted by atomic mass is 19.4. The molecule has 2 rings (SSSR count). The van der Waals surface area contributed by atoms with Crippen molar-refractivity contribution in [1.29, 1.82) is 0 Å². The number of hydrogen-bond acceptors (Lipinski definition) is 3. The number of rotatable bonds is 3. The Hall–Kier alpha value is -1.43. The van der Waals surface area contributed by atoms with E-state index in [1.165, 1.54) is 13.2 Å². The number of halogens is 3. The average molecular weight is 247 g/mol. The van der Waals surface area contributed by atoms with Crippen LogP contribution in [0.2, 0.25) is 0 Å². The zero-order chi connectivity index (χ0) is 12.5. The Kier molecular flexibility index (Phi) is 3.15. The second kappa shape index (κ2) is 4.44. The molecule has 0 radical (unpaired) electrons. The van der Waals surface area contributed by atoms with Crippen LogP contribution in [-0.2, 0) is 6.18 Å². The fraction of sp³-hybridized carbons (Fsp3) is 0.455. The van der Waals surface area contributed by atoms with Crippen LogP contribution >= 0.6 is 0 Å². The summed E-state index contributed by atoms with van der Waals surface area (Å²) in [5, 5.41) is 2.98. The van der Waals surface area contributed by atoms with Gasteiger partial charge in [0.25, 0.3) is 0 Å². The summed E-state index contributed by atoms with van der Waals surface area (Å²) in [4.78, 5) is 0. The number of ether oxygens (including phenoxy) is 2. The van der Waals surface area contributed by atoms with Gasteiger partial charge in [-0.15, -0.1) is 0 Å². The van der Waals surface area contributed by atoms with E-state index < -0.39 is 11.7 Å². The Morgan fingerprint density at radius 2 is 1.94 bits per heavy atom. The van der Waals surface area contributed by atoms with E-state index in [0.717, 1.165) is 12.1 Å². The molecular weight excluding hydrogens is 235 g/mol. The molecule has 1 N–H and O–H groups in total. The van der Waals surface area contributed by atoms with Crippen molar-refractivity contribution in [2.75, 3.05) is 20.2 Å². The van der Waals surface area contributed by atoms with Crippen molar-refractivity contribution >= 4 is 0 Å². The van der Waals surface area contributed by atoms with Crippen molar-refractivity contribution in [3.8, 4) is 11.5 Å². The number of methoxy groups -OCH3 is 1. The molecule has 0 unspecified atom stereocenters. The summed E-state index contributed by atoms with van der Waals surface area (Å²) < 4.78 is 48.0. The maximum Gasteiger partial charge on any atom is 0.416 e. The zero-order valence-corrected chi connectivity index (χ0v) is 9.17. The van der Waals surface area contributed by atoms with Crippen LogP contribution in [0.4, 0.5) is 13.2 Å². The van der Waals surface area contributed by atoms with Crippen molar-refractivity contribution in [2.24, 2.45) is 0 Å². The quantitative estimate of drug-likeness (QED) is 0.886. The van der Waals surface area contributed by atoms with Gasteiger partial charge in [-0.3, -0.25) is 0 Å². The van der Waals surface area contributed by atoms with Gasteiger partial charge in [0.15, 0.2) is 11.5 Å². The molecule has 0 bridgehead atoms.